The lowest BCUT2D eigenvalue weighted by atomic mass is 9.82. The number of hydrogen-bond donors (Lipinski definition) is 2. The van der Waals surface area contributed by atoms with Crippen molar-refractivity contribution in [1.29, 1.82) is 0 Å². The summed E-state index contributed by atoms with van der Waals surface area (Å²) in [4.78, 5) is 11.5. The van der Waals surface area contributed by atoms with Gasteiger partial charge in [-0.3, -0.25) is 0 Å². The van der Waals surface area contributed by atoms with Gasteiger partial charge in [-0.2, -0.15) is 0 Å². The number of carbonyl (C=O) groups excluding carboxylic acids is 1. The highest BCUT2D eigenvalue weighted by Crippen LogP contribution is 2.45. The van der Waals surface area contributed by atoms with Crippen molar-refractivity contribution in [2.45, 2.75) is 114 Å². The van der Waals surface area contributed by atoms with Crippen molar-refractivity contribution in [1.82, 2.24) is 0 Å². The fourth-order valence-electron chi connectivity index (χ4n) is 4.33. The molecule has 0 aromatic carbocycles. The molecule has 1 fully saturated rings. The molecular formula is C23H40F2O4. The molecule has 0 aromatic heterocycles. The van der Waals surface area contributed by atoms with Crippen molar-refractivity contribution >= 4 is 5.97 Å². The number of aliphatic hydroxyl groups excluding tert-OH is 2. The van der Waals surface area contributed by atoms with Crippen LogP contribution in [0.15, 0.2) is 12.2 Å². The molecule has 29 heavy (non-hydrogen) atoms. The Hall–Kier alpha value is -1.01. The summed E-state index contributed by atoms with van der Waals surface area (Å²) < 4.78 is 34.3. The number of hydrogen-bond acceptors (Lipinski definition) is 4. The van der Waals surface area contributed by atoms with Crippen LogP contribution in [0.1, 0.15) is 90.9 Å². The first-order valence-corrected chi connectivity index (χ1v) is 11.1. The van der Waals surface area contributed by atoms with Gasteiger partial charge in [-0.15, -0.1) is 0 Å². The van der Waals surface area contributed by atoms with Gasteiger partial charge in [-0.05, 0) is 63.9 Å². The lowest BCUT2D eigenvalue weighted by Gasteiger charge is -2.30. The summed E-state index contributed by atoms with van der Waals surface area (Å²) in [6.07, 6.45) is 6.04. The Morgan fingerprint density at radius 2 is 2.00 bits per heavy atom. The van der Waals surface area contributed by atoms with Crippen LogP contribution in [0.25, 0.3) is 0 Å². The van der Waals surface area contributed by atoms with Crippen molar-refractivity contribution < 1.29 is 28.5 Å². The maximum absolute atomic E-state index is 15.5. The molecule has 2 unspecified atom stereocenters. The van der Waals surface area contributed by atoms with Gasteiger partial charge >= 0.3 is 5.97 Å². The molecule has 1 saturated carbocycles. The number of alkyl halides is 2. The van der Waals surface area contributed by atoms with Crippen molar-refractivity contribution in [2.75, 3.05) is 7.11 Å². The number of rotatable bonds is 14. The van der Waals surface area contributed by atoms with Crippen molar-refractivity contribution in [3.8, 4) is 0 Å². The van der Waals surface area contributed by atoms with Gasteiger partial charge in [0.25, 0.3) is 0 Å². The van der Waals surface area contributed by atoms with E-state index in [4.69, 9.17) is 0 Å². The molecule has 0 saturated heterocycles. The topological polar surface area (TPSA) is 66.8 Å². The van der Waals surface area contributed by atoms with E-state index in [9.17, 15) is 19.4 Å². The second-order valence-electron chi connectivity index (χ2n) is 8.78. The number of esters is 1. The van der Waals surface area contributed by atoms with Crippen LogP contribution in [0.4, 0.5) is 8.78 Å². The van der Waals surface area contributed by atoms with Gasteiger partial charge in [0.2, 0.25) is 5.67 Å². The number of aliphatic hydroxyl groups is 2. The van der Waals surface area contributed by atoms with E-state index >= 15 is 4.39 Å². The summed E-state index contributed by atoms with van der Waals surface area (Å²) in [7, 11) is 1.14. The largest absolute Gasteiger partial charge is 0.466 e. The Bertz CT molecular complexity index is 523. The molecule has 4 nitrogen and oxygen atoms in total. The quantitative estimate of drug-likeness (QED) is 0.231. The van der Waals surface area contributed by atoms with E-state index in [0.717, 1.165) is 33.3 Å². The molecule has 1 aliphatic rings. The normalized spacial score (nSPS) is 27.4. The van der Waals surface area contributed by atoms with Crippen LogP contribution in [0.3, 0.4) is 0 Å². The van der Waals surface area contributed by atoms with Crippen LogP contribution in [-0.4, -0.2) is 46.8 Å². The molecule has 5 atom stereocenters. The summed E-state index contributed by atoms with van der Waals surface area (Å²) in [5, 5.41) is 20.4. The van der Waals surface area contributed by atoms with E-state index < -0.39 is 35.4 Å². The van der Waals surface area contributed by atoms with Gasteiger partial charge in [0.15, 0.2) is 0 Å². The molecule has 0 amide bonds. The predicted octanol–water partition coefficient (Wildman–Crippen LogP) is 5.20. The minimum absolute atomic E-state index is 0.151. The third-order valence-corrected chi connectivity index (χ3v) is 6.50. The van der Waals surface area contributed by atoms with E-state index in [2.05, 4.69) is 18.2 Å². The Kier molecular flexibility index (Phi) is 10.8. The molecule has 0 bridgehead atoms. The molecule has 0 radical (unpaired) electrons. The molecule has 0 aromatic rings. The predicted molar refractivity (Wildman–Crippen MR) is 111 cm³/mol. The van der Waals surface area contributed by atoms with E-state index in [1.165, 1.54) is 0 Å². The molecule has 170 valence electrons. The first-order valence-electron chi connectivity index (χ1n) is 11.1. The molecule has 6 heteroatoms. The Labute approximate surface area is 174 Å². The van der Waals surface area contributed by atoms with Gasteiger partial charge in [0.1, 0.15) is 5.67 Å². The van der Waals surface area contributed by atoms with Gasteiger partial charge in [0.05, 0.1) is 19.3 Å². The summed E-state index contributed by atoms with van der Waals surface area (Å²) in [6.45, 7) is 6.90. The number of methoxy groups -OCH3 is 1. The van der Waals surface area contributed by atoms with Crippen LogP contribution in [0.5, 0.6) is 0 Å². The minimum Gasteiger partial charge on any atom is -0.466 e. The van der Waals surface area contributed by atoms with Gasteiger partial charge in [-0.25, -0.2) is 13.6 Å². The number of unbranched alkanes of at least 4 members (excludes halogenated alkanes) is 3. The zero-order valence-corrected chi connectivity index (χ0v) is 18.4. The van der Waals surface area contributed by atoms with Crippen LogP contribution in [-0.2, 0) is 9.53 Å². The minimum atomic E-state index is -2.22. The fourth-order valence-corrected chi connectivity index (χ4v) is 4.33. The Balaban J connectivity index is 2.46. The van der Waals surface area contributed by atoms with Crippen LogP contribution in [0, 0.1) is 5.92 Å². The highest BCUT2D eigenvalue weighted by molar-refractivity contribution is 5.82. The van der Waals surface area contributed by atoms with Crippen molar-refractivity contribution in [3.63, 3.8) is 0 Å². The highest BCUT2D eigenvalue weighted by Gasteiger charge is 2.47. The van der Waals surface area contributed by atoms with Crippen LogP contribution >= 0.6 is 0 Å². The van der Waals surface area contributed by atoms with Gasteiger partial charge in [-0.1, -0.05) is 39.2 Å². The number of carbonyl (C=O) groups is 1. The molecule has 0 aliphatic heterocycles. The molecular weight excluding hydrogens is 378 g/mol. The first-order chi connectivity index (χ1) is 13.6. The van der Waals surface area contributed by atoms with Gasteiger partial charge < -0.3 is 14.9 Å². The summed E-state index contributed by atoms with van der Waals surface area (Å²) in [5.74, 6) is -1.43. The summed E-state index contributed by atoms with van der Waals surface area (Å²) in [6, 6.07) is 0. The lowest BCUT2D eigenvalue weighted by molar-refractivity contribution is -0.151. The average Bonchev–Trinajstić information content (AvgIpc) is 2.97. The second kappa shape index (κ2) is 12.0. The molecule has 0 heterocycles. The van der Waals surface area contributed by atoms with Gasteiger partial charge in [0, 0.05) is 5.92 Å². The van der Waals surface area contributed by atoms with E-state index in [0.29, 0.717) is 51.4 Å². The third-order valence-electron chi connectivity index (χ3n) is 6.50. The van der Waals surface area contributed by atoms with E-state index in [1.807, 2.05) is 0 Å². The molecule has 1 rings (SSSR count). The second-order valence-corrected chi connectivity index (χ2v) is 8.78. The Morgan fingerprint density at radius 3 is 2.62 bits per heavy atom. The average molecular weight is 419 g/mol. The number of ether oxygens (including phenoxy) is 1. The SMILES string of the molecule is C=C(CCCC[C@H]1[C@@H](O)CC[C@]1(F)CCC(O)CCCCC)C(C)(F)C(=O)OC. The summed E-state index contributed by atoms with van der Waals surface area (Å²) >= 11 is 0. The van der Waals surface area contributed by atoms with E-state index in [-0.39, 0.29) is 12.0 Å². The summed E-state index contributed by atoms with van der Waals surface area (Å²) in [5.41, 5.74) is -3.53. The molecule has 1 aliphatic carbocycles. The van der Waals surface area contributed by atoms with Crippen LogP contribution in [0.2, 0.25) is 0 Å². The standard InChI is InChI=1S/C23H40F2O4/c1-5-6-7-11-18(26)13-15-23(25)16-14-20(27)19(23)12-9-8-10-17(2)22(3,24)21(28)29-4/h18-20,26-27H,2,5-16H2,1,3-4H3/t18?,19-,20-,22?,23+/m0/s1. The monoisotopic (exact) mass is 418 g/mol. The lowest BCUT2D eigenvalue weighted by Crippen LogP contribution is -2.34. The first kappa shape index (κ1) is 26.0. The molecule has 2 N–H and O–H groups in total. The molecule has 0 spiro atoms. The zero-order valence-electron chi connectivity index (χ0n) is 18.4. The van der Waals surface area contributed by atoms with Crippen LogP contribution < -0.4 is 0 Å². The smallest absolute Gasteiger partial charge is 0.347 e. The van der Waals surface area contributed by atoms with E-state index in [1.54, 1.807) is 0 Å². The highest BCUT2D eigenvalue weighted by atomic mass is 19.1. The fraction of sp³-hybridized carbons (Fsp3) is 0.870. The maximum atomic E-state index is 15.5. The maximum Gasteiger partial charge on any atom is 0.347 e. The zero-order chi connectivity index (χ0) is 22.1. The van der Waals surface area contributed by atoms with Crippen molar-refractivity contribution in [2.24, 2.45) is 5.92 Å². The van der Waals surface area contributed by atoms with Crippen molar-refractivity contribution in [3.05, 3.63) is 12.2 Å². The third kappa shape index (κ3) is 7.63. The number of halogens is 2. The Morgan fingerprint density at radius 1 is 1.31 bits per heavy atom.